The van der Waals surface area contributed by atoms with Gasteiger partial charge in [0.25, 0.3) is 0 Å². The van der Waals surface area contributed by atoms with Crippen molar-refractivity contribution >= 4 is 17.6 Å². The number of carbonyl (C=O) groups excluding carboxylic acids is 2. The fourth-order valence-corrected chi connectivity index (χ4v) is 6.57. The Bertz CT molecular complexity index is 1940. The number of nitrogens with zero attached hydrogens (tertiary/aromatic N) is 7. The average Bonchev–Trinajstić information content (AvgIpc) is 3.62. The number of Topliss-reactive ketones (excluding diaryl/α,β-unsaturated/α-hetero) is 1. The lowest BCUT2D eigenvalue weighted by Gasteiger charge is -2.44. The molecule has 6 rings (SSSR count). The van der Waals surface area contributed by atoms with Crippen LogP contribution in [0.2, 0.25) is 0 Å². The highest BCUT2D eigenvalue weighted by Gasteiger charge is 2.40. The summed E-state index contributed by atoms with van der Waals surface area (Å²) in [4.78, 5) is 39.8. The van der Waals surface area contributed by atoms with Gasteiger partial charge in [-0.05, 0) is 84.0 Å². The van der Waals surface area contributed by atoms with Gasteiger partial charge in [0.1, 0.15) is 23.0 Å². The largest absolute Gasteiger partial charge is 0.491 e. The van der Waals surface area contributed by atoms with Crippen molar-refractivity contribution in [1.82, 2.24) is 29.2 Å². The number of carbonyl (C=O) groups is 2. The maximum Gasteiger partial charge on any atom is 0.435 e. The number of hydrogen-bond acceptors (Lipinski definition) is 9. The molecule has 1 aromatic carbocycles. The highest BCUT2D eigenvalue weighted by molar-refractivity contribution is 6.04. The number of likely N-dealkylation sites (N-methyl/N-ethyl adjacent to an activating group) is 1. The predicted octanol–water partition coefficient (Wildman–Crippen LogP) is 5.74. The van der Waals surface area contributed by atoms with Crippen LogP contribution in [0.15, 0.2) is 42.9 Å². The molecule has 0 spiro atoms. The van der Waals surface area contributed by atoms with Gasteiger partial charge in [0, 0.05) is 74.1 Å². The fourth-order valence-electron chi connectivity index (χ4n) is 6.57. The molecule has 2 aliphatic heterocycles. The molecule has 51 heavy (non-hydrogen) atoms. The molecule has 0 saturated carbocycles. The number of aryl methyl sites for hydroxylation is 3. The number of anilines is 1. The van der Waals surface area contributed by atoms with Gasteiger partial charge in [0.2, 0.25) is 0 Å². The van der Waals surface area contributed by atoms with E-state index < -0.39 is 23.4 Å². The van der Waals surface area contributed by atoms with Crippen LogP contribution >= 0.6 is 0 Å². The molecule has 0 bridgehead atoms. The summed E-state index contributed by atoms with van der Waals surface area (Å²) in [5, 5.41) is 3.82. The Morgan fingerprint density at radius 1 is 1.08 bits per heavy atom. The van der Waals surface area contributed by atoms with Crippen molar-refractivity contribution in [3.05, 3.63) is 76.8 Å². The highest BCUT2D eigenvalue weighted by atomic mass is 19.4. The molecule has 0 radical (unpaired) electrons. The van der Waals surface area contributed by atoms with Gasteiger partial charge in [0.05, 0.1) is 24.6 Å². The van der Waals surface area contributed by atoms with E-state index in [-0.39, 0.29) is 59.9 Å². The van der Waals surface area contributed by atoms with E-state index in [2.05, 4.69) is 15.0 Å². The van der Waals surface area contributed by atoms with E-state index in [1.807, 2.05) is 63.3 Å². The molecule has 1 fully saturated rings. The van der Waals surface area contributed by atoms with Crippen LogP contribution in [0.25, 0.3) is 11.1 Å². The number of pyridine rings is 1. The summed E-state index contributed by atoms with van der Waals surface area (Å²) >= 11 is 0. The van der Waals surface area contributed by atoms with Crippen LogP contribution in [0.4, 0.5) is 19.0 Å². The van der Waals surface area contributed by atoms with Crippen LogP contribution < -0.4 is 9.64 Å². The number of imidazole rings is 1. The molecule has 0 aliphatic carbocycles. The van der Waals surface area contributed by atoms with Gasteiger partial charge in [-0.1, -0.05) is 0 Å². The highest BCUT2D eigenvalue weighted by Crippen LogP contribution is 2.44. The van der Waals surface area contributed by atoms with Gasteiger partial charge in [-0.3, -0.25) is 19.2 Å². The summed E-state index contributed by atoms with van der Waals surface area (Å²) in [5.74, 6) is 0.563. The number of halogens is 3. The molecular formula is C37H44F3N7O4. The minimum Gasteiger partial charge on any atom is -0.491 e. The number of alkyl halides is 3. The van der Waals surface area contributed by atoms with Crippen molar-refractivity contribution in [3.63, 3.8) is 0 Å². The molecule has 0 amide bonds. The Kier molecular flexibility index (Phi) is 9.75. The van der Waals surface area contributed by atoms with Crippen molar-refractivity contribution in [2.45, 2.75) is 78.9 Å². The Labute approximate surface area is 295 Å². The lowest BCUT2D eigenvalue weighted by atomic mass is 9.87. The van der Waals surface area contributed by atoms with Crippen LogP contribution in [-0.2, 0) is 35.2 Å². The number of ketones is 1. The number of benzene rings is 1. The second-order valence-electron chi connectivity index (χ2n) is 14.5. The standard InChI is InChI=1S/C37H44F3N7O4/c1-8-47-19-30(35(43-47)37(38,39)40)28-13-24(16-45-10-9-41-23(45)3)14-29-33(49)25(21-50-34(28)29)15-26-11-22(2)12-31(42-26)46-17-27(18-46)44(7)20-32(48)51-36(4,5)6/h9-14,19,25,27H,8,15-18,20-21H2,1-7H3/t25-/m0/s1. The summed E-state index contributed by atoms with van der Waals surface area (Å²) in [6, 6.07) is 7.46. The van der Waals surface area contributed by atoms with Gasteiger partial charge in [0.15, 0.2) is 11.5 Å². The number of fused-ring (bicyclic) bond motifs is 1. The zero-order valence-electron chi connectivity index (χ0n) is 30.0. The van der Waals surface area contributed by atoms with Crippen molar-refractivity contribution in [2.24, 2.45) is 5.92 Å². The Morgan fingerprint density at radius 3 is 2.45 bits per heavy atom. The normalized spacial score (nSPS) is 16.6. The summed E-state index contributed by atoms with van der Waals surface area (Å²) in [6.07, 6.45) is 0.381. The molecule has 272 valence electrons. The van der Waals surface area contributed by atoms with E-state index >= 15 is 0 Å². The summed E-state index contributed by atoms with van der Waals surface area (Å²) in [7, 11) is 1.90. The second kappa shape index (κ2) is 13.8. The number of aromatic nitrogens is 5. The Morgan fingerprint density at radius 2 is 1.80 bits per heavy atom. The number of ether oxygens (including phenoxy) is 2. The van der Waals surface area contributed by atoms with Crippen LogP contribution in [0.1, 0.15) is 66.4 Å². The van der Waals surface area contributed by atoms with Crippen molar-refractivity contribution in [2.75, 3.05) is 38.2 Å². The molecule has 1 saturated heterocycles. The lowest BCUT2D eigenvalue weighted by molar-refractivity contribution is -0.156. The third-order valence-electron chi connectivity index (χ3n) is 9.21. The van der Waals surface area contributed by atoms with E-state index in [1.165, 1.54) is 10.9 Å². The van der Waals surface area contributed by atoms with Gasteiger partial charge in [-0.2, -0.15) is 18.3 Å². The van der Waals surface area contributed by atoms with E-state index in [9.17, 15) is 22.8 Å². The van der Waals surface area contributed by atoms with Gasteiger partial charge >= 0.3 is 12.1 Å². The first-order chi connectivity index (χ1) is 24.0. The molecule has 5 heterocycles. The topological polar surface area (TPSA) is 108 Å². The molecule has 4 aromatic rings. The quantitative estimate of drug-likeness (QED) is 0.191. The Hall–Kier alpha value is -4.72. The molecule has 2 aliphatic rings. The summed E-state index contributed by atoms with van der Waals surface area (Å²) in [6.45, 7) is 13.2. The van der Waals surface area contributed by atoms with Gasteiger partial charge in [-0.15, -0.1) is 0 Å². The van der Waals surface area contributed by atoms with Gasteiger partial charge < -0.3 is 18.9 Å². The van der Waals surface area contributed by atoms with Crippen molar-refractivity contribution in [3.8, 4) is 16.9 Å². The minimum absolute atomic E-state index is 0.00568. The van der Waals surface area contributed by atoms with Crippen LogP contribution in [0.3, 0.4) is 0 Å². The van der Waals surface area contributed by atoms with E-state index in [0.29, 0.717) is 31.6 Å². The fraction of sp³-hybridized carbons (Fsp3) is 0.486. The van der Waals surface area contributed by atoms with E-state index in [4.69, 9.17) is 14.5 Å². The number of hydrogen-bond donors (Lipinski definition) is 0. The zero-order valence-corrected chi connectivity index (χ0v) is 30.0. The lowest BCUT2D eigenvalue weighted by Crippen LogP contribution is -2.59. The van der Waals surface area contributed by atoms with Gasteiger partial charge in [-0.25, -0.2) is 9.97 Å². The number of rotatable bonds is 10. The van der Waals surface area contributed by atoms with E-state index in [0.717, 1.165) is 22.9 Å². The second-order valence-corrected chi connectivity index (χ2v) is 14.5. The van der Waals surface area contributed by atoms with Crippen molar-refractivity contribution in [1.29, 1.82) is 0 Å². The third-order valence-corrected chi connectivity index (χ3v) is 9.21. The smallest absolute Gasteiger partial charge is 0.435 e. The molecule has 3 aromatic heterocycles. The minimum atomic E-state index is -4.71. The zero-order chi connectivity index (χ0) is 36.8. The molecular weight excluding hydrogens is 663 g/mol. The maximum atomic E-state index is 14.2. The molecule has 14 heteroatoms. The van der Waals surface area contributed by atoms with E-state index in [1.54, 1.807) is 31.5 Å². The summed E-state index contributed by atoms with van der Waals surface area (Å²) in [5.41, 5.74) is 1.05. The monoisotopic (exact) mass is 707 g/mol. The Balaban J connectivity index is 1.24. The predicted molar refractivity (Wildman–Crippen MR) is 185 cm³/mol. The van der Waals surface area contributed by atoms with Crippen LogP contribution in [-0.4, -0.2) is 85.9 Å². The maximum absolute atomic E-state index is 14.2. The van der Waals surface area contributed by atoms with Crippen molar-refractivity contribution < 1.29 is 32.2 Å². The van der Waals surface area contributed by atoms with Crippen LogP contribution in [0, 0.1) is 19.8 Å². The average molecular weight is 708 g/mol. The summed E-state index contributed by atoms with van der Waals surface area (Å²) < 4.78 is 57.5. The first kappa shape index (κ1) is 36.1. The first-order valence-corrected chi connectivity index (χ1v) is 17.1. The SMILES string of the molecule is CCn1cc(-c2cc(Cn3ccnc3C)cc3c2OC[C@H](Cc2cc(C)cc(N4CC(N(C)CC(=O)OC(C)(C)C)C4)n2)C3=O)c(C(F)(F)F)n1. The number of esters is 1. The molecule has 0 N–H and O–H groups in total. The first-order valence-electron chi connectivity index (χ1n) is 17.1. The molecule has 1 atom stereocenters. The molecule has 0 unspecified atom stereocenters. The van der Waals surface area contributed by atoms with Crippen LogP contribution in [0.5, 0.6) is 5.75 Å². The third kappa shape index (κ3) is 7.95. The molecule has 11 nitrogen and oxygen atoms in total.